The van der Waals surface area contributed by atoms with Crippen LogP contribution in [0.1, 0.15) is 85.2 Å². The van der Waals surface area contributed by atoms with E-state index in [1.165, 1.54) is 32.1 Å². The molecule has 34 heavy (non-hydrogen) atoms. The van der Waals surface area contributed by atoms with Crippen LogP contribution in [-0.4, -0.2) is 5.97 Å². The van der Waals surface area contributed by atoms with Crippen LogP contribution in [0.25, 0.3) is 0 Å². The molecule has 4 rings (SSSR count). The maximum Gasteiger partial charge on any atom is 0.346 e. The van der Waals surface area contributed by atoms with Gasteiger partial charge in [-0.3, -0.25) is 0 Å². The van der Waals surface area contributed by atoms with Crippen LogP contribution in [0, 0.1) is 23.6 Å². The number of allylic oxidation sites excluding steroid dienone is 2. The van der Waals surface area contributed by atoms with Gasteiger partial charge < -0.3 is 4.74 Å². The molecule has 4 unspecified atom stereocenters. The molecule has 2 fully saturated rings. The van der Waals surface area contributed by atoms with Crippen LogP contribution in [-0.2, 0) is 6.42 Å². The van der Waals surface area contributed by atoms with Crippen molar-refractivity contribution in [1.29, 1.82) is 0 Å². The van der Waals surface area contributed by atoms with Crippen molar-refractivity contribution in [1.82, 2.24) is 0 Å². The van der Waals surface area contributed by atoms with Crippen molar-refractivity contribution in [3.63, 3.8) is 0 Å². The first kappa shape index (κ1) is 24.4. The van der Waals surface area contributed by atoms with E-state index in [1.54, 1.807) is 24.3 Å². The van der Waals surface area contributed by atoms with E-state index in [1.807, 2.05) is 30.4 Å². The molecule has 2 saturated carbocycles. The summed E-state index contributed by atoms with van der Waals surface area (Å²) in [6.07, 6.45) is 15.5. The molecule has 0 radical (unpaired) electrons. The van der Waals surface area contributed by atoms with Gasteiger partial charge in [0, 0.05) is 0 Å². The molecule has 0 spiro atoms. The van der Waals surface area contributed by atoms with Gasteiger partial charge in [-0.05, 0) is 117 Å². The number of fused-ring (bicyclic) bond motifs is 1. The van der Waals surface area contributed by atoms with Crippen LogP contribution >= 0.6 is 0 Å². The van der Waals surface area contributed by atoms with Gasteiger partial charge >= 0.3 is 5.97 Å². The Morgan fingerprint density at radius 3 is 2.41 bits per heavy atom. The molecule has 0 aliphatic heterocycles. The zero-order chi connectivity index (χ0) is 23.9. The van der Waals surface area contributed by atoms with Crippen LogP contribution in [0.15, 0.2) is 67.8 Å². The third kappa shape index (κ3) is 6.05. The lowest BCUT2D eigenvalue weighted by atomic mass is 9.63. The van der Waals surface area contributed by atoms with Crippen molar-refractivity contribution in [2.24, 2.45) is 17.8 Å². The summed E-state index contributed by atoms with van der Waals surface area (Å²) >= 11 is 0. The Morgan fingerprint density at radius 1 is 0.941 bits per heavy atom. The van der Waals surface area contributed by atoms with Gasteiger partial charge in [-0.15, -0.1) is 13.2 Å². The van der Waals surface area contributed by atoms with Crippen LogP contribution in [0.5, 0.6) is 5.75 Å². The van der Waals surface area contributed by atoms with Gasteiger partial charge in [-0.2, -0.15) is 0 Å². The van der Waals surface area contributed by atoms with Gasteiger partial charge in [0.15, 0.2) is 0 Å². The summed E-state index contributed by atoms with van der Waals surface area (Å²) in [5, 5.41) is 0. The molecule has 0 heterocycles. The van der Waals surface area contributed by atoms with Gasteiger partial charge in [0.25, 0.3) is 0 Å². The lowest BCUT2D eigenvalue weighted by Gasteiger charge is -2.42. The molecular formula is C31H37FO2. The number of rotatable bonds is 9. The highest BCUT2D eigenvalue weighted by atomic mass is 19.1. The summed E-state index contributed by atoms with van der Waals surface area (Å²) in [5.41, 5.74) is 2.17. The minimum absolute atomic E-state index is 0.00380. The van der Waals surface area contributed by atoms with E-state index in [-0.39, 0.29) is 5.56 Å². The first-order valence-electron chi connectivity index (χ1n) is 12.9. The Hall–Kier alpha value is -2.68. The van der Waals surface area contributed by atoms with E-state index in [0.717, 1.165) is 61.0 Å². The van der Waals surface area contributed by atoms with E-state index in [4.69, 9.17) is 4.74 Å². The monoisotopic (exact) mass is 460 g/mol. The number of halogens is 1. The van der Waals surface area contributed by atoms with Crippen molar-refractivity contribution in [3.05, 3.63) is 90.3 Å². The highest BCUT2D eigenvalue weighted by Gasteiger charge is 2.36. The summed E-state index contributed by atoms with van der Waals surface area (Å²) in [6, 6.07) is 12.5. The molecule has 180 valence electrons. The van der Waals surface area contributed by atoms with E-state index in [2.05, 4.69) is 13.2 Å². The molecule has 2 aromatic carbocycles. The molecule has 0 bridgehead atoms. The predicted molar refractivity (Wildman–Crippen MR) is 137 cm³/mol. The normalized spacial score (nSPS) is 24.1. The molecule has 2 aromatic rings. The van der Waals surface area contributed by atoms with E-state index >= 15 is 0 Å². The Morgan fingerprint density at radius 2 is 1.68 bits per heavy atom. The summed E-state index contributed by atoms with van der Waals surface area (Å²) in [5.74, 6) is 2.10. The topological polar surface area (TPSA) is 26.3 Å². The first-order chi connectivity index (χ1) is 16.6. The lowest BCUT2D eigenvalue weighted by molar-refractivity contribution is 0.0729. The van der Waals surface area contributed by atoms with Crippen molar-refractivity contribution >= 4 is 5.97 Å². The van der Waals surface area contributed by atoms with Crippen molar-refractivity contribution in [2.45, 2.75) is 70.1 Å². The first-order valence-corrected chi connectivity index (χ1v) is 12.9. The maximum absolute atomic E-state index is 14.9. The second kappa shape index (κ2) is 11.6. The molecule has 0 amide bonds. The quantitative estimate of drug-likeness (QED) is 0.213. The third-order valence-electron chi connectivity index (χ3n) is 7.96. The molecule has 3 heteroatoms. The molecule has 0 saturated heterocycles. The highest BCUT2D eigenvalue weighted by Crippen LogP contribution is 2.48. The minimum Gasteiger partial charge on any atom is -0.423 e. The average molecular weight is 461 g/mol. The second-order valence-electron chi connectivity index (χ2n) is 10.2. The predicted octanol–water partition coefficient (Wildman–Crippen LogP) is 8.43. The number of carbonyl (C=O) groups excluding carboxylic acids is 1. The van der Waals surface area contributed by atoms with Crippen molar-refractivity contribution < 1.29 is 13.9 Å². The molecular weight excluding hydrogens is 423 g/mol. The molecule has 0 aromatic heterocycles. The van der Waals surface area contributed by atoms with Crippen molar-refractivity contribution in [3.8, 4) is 5.75 Å². The molecule has 4 atom stereocenters. The Bertz CT molecular complexity index is 993. The SMILES string of the molecule is C=CCCc1ccc(OC(=O)c2ccc(C3CCC4CC(CCC=C)CCC4C3)cc2F)cc1. The Kier molecular flexibility index (Phi) is 8.37. The standard InChI is InChI=1S/C31H37FO2/c1-3-5-7-22-10-16-28(17-11-22)34-31(33)29-18-15-27(21-30(29)32)26-14-13-24-19-23(8-6-4-2)9-12-25(24)20-26/h3-4,10-11,15-18,21,23-26H,1-2,5-9,12-14,19-20H2. The number of hydrogen-bond acceptors (Lipinski definition) is 2. The summed E-state index contributed by atoms with van der Waals surface area (Å²) < 4.78 is 20.4. The fraction of sp³-hybridized carbons (Fsp3) is 0.452. The fourth-order valence-electron chi connectivity index (χ4n) is 6.01. The zero-order valence-electron chi connectivity index (χ0n) is 20.2. The van der Waals surface area contributed by atoms with Gasteiger partial charge in [-0.25, -0.2) is 9.18 Å². The van der Waals surface area contributed by atoms with E-state index in [0.29, 0.717) is 11.7 Å². The Labute approximate surface area is 203 Å². The van der Waals surface area contributed by atoms with E-state index in [9.17, 15) is 9.18 Å². The van der Waals surface area contributed by atoms with Crippen LogP contribution in [0.3, 0.4) is 0 Å². The largest absolute Gasteiger partial charge is 0.423 e. The van der Waals surface area contributed by atoms with Gasteiger partial charge in [-0.1, -0.05) is 36.8 Å². The molecule has 2 aliphatic rings. The smallest absolute Gasteiger partial charge is 0.346 e. The lowest BCUT2D eigenvalue weighted by Crippen LogP contribution is -2.30. The van der Waals surface area contributed by atoms with Crippen LogP contribution in [0.2, 0.25) is 0 Å². The average Bonchev–Trinajstić information content (AvgIpc) is 2.86. The zero-order valence-corrected chi connectivity index (χ0v) is 20.2. The molecule has 0 N–H and O–H groups in total. The van der Waals surface area contributed by atoms with Crippen LogP contribution < -0.4 is 4.74 Å². The third-order valence-corrected chi connectivity index (χ3v) is 7.96. The molecule has 2 aliphatic carbocycles. The van der Waals surface area contributed by atoms with Gasteiger partial charge in [0.05, 0.1) is 5.56 Å². The fourth-order valence-corrected chi connectivity index (χ4v) is 6.01. The highest BCUT2D eigenvalue weighted by molar-refractivity contribution is 5.91. The number of esters is 1. The van der Waals surface area contributed by atoms with Crippen molar-refractivity contribution in [2.75, 3.05) is 0 Å². The summed E-state index contributed by atoms with van der Waals surface area (Å²) in [6.45, 7) is 7.60. The van der Waals surface area contributed by atoms with E-state index < -0.39 is 11.8 Å². The summed E-state index contributed by atoms with van der Waals surface area (Å²) in [7, 11) is 0. The maximum atomic E-state index is 14.9. The summed E-state index contributed by atoms with van der Waals surface area (Å²) in [4.78, 5) is 12.6. The molecule has 2 nitrogen and oxygen atoms in total. The van der Waals surface area contributed by atoms with Crippen LogP contribution in [0.4, 0.5) is 4.39 Å². The number of benzene rings is 2. The Balaban J connectivity index is 1.34. The van der Waals surface area contributed by atoms with Gasteiger partial charge in [0.1, 0.15) is 11.6 Å². The second-order valence-corrected chi connectivity index (χ2v) is 10.2. The minimum atomic E-state index is -0.649. The number of ether oxygens (including phenoxy) is 1. The number of aryl methyl sites for hydroxylation is 1. The number of hydrogen-bond donors (Lipinski definition) is 0. The number of carbonyl (C=O) groups is 1. The van der Waals surface area contributed by atoms with Gasteiger partial charge in [0.2, 0.25) is 0 Å².